The molecule has 3 rings (SSSR count). The van der Waals surface area contributed by atoms with Crippen LogP contribution in [0.3, 0.4) is 0 Å². The van der Waals surface area contributed by atoms with E-state index in [0.717, 1.165) is 24.1 Å². The van der Waals surface area contributed by atoms with Crippen LogP contribution < -0.4 is 16.0 Å². The lowest BCUT2D eigenvalue weighted by molar-refractivity contribution is -0.129. The molecule has 0 bridgehead atoms. The summed E-state index contributed by atoms with van der Waals surface area (Å²) < 4.78 is 0. The maximum absolute atomic E-state index is 12.2. The minimum atomic E-state index is -0.652. The standard InChI is InChI=1S/C22H28N6O2/c1-5-19(29)28-11-7-10-17(15(28)3)27(4)18-13-24-20(21(23)30)22(26-18)25-16-9-6-8-14(2)12-16/h5-6,8-9,12-13,15,17H,1,7,10-11H2,2-4H3,(H2,23,30)(H,25,26)/t15-,17-/m1/s1. The highest BCUT2D eigenvalue weighted by Gasteiger charge is 2.33. The molecule has 2 aromatic rings. The number of anilines is 3. The van der Waals surface area contributed by atoms with E-state index in [2.05, 4.69) is 21.9 Å². The summed E-state index contributed by atoms with van der Waals surface area (Å²) in [5.41, 5.74) is 7.45. The van der Waals surface area contributed by atoms with E-state index in [1.807, 2.05) is 55.0 Å². The van der Waals surface area contributed by atoms with E-state index in [4.69, 9.17) is 5.73 Å². The molecule has 0 saturated carbocycles. The van der Waals surface area contributed by atoms with Gasteiger partial charge in [0.1, 0.15) is 5.82 Å². The van der Waals surface area contributed by atoms with Crippen molar-refractivity contribution in [3.05, 3.63) is 54.4 Å². The van der Waals surface area contributed by atoms with Crippen LogP contribution in [0.1, 0.15) is 35.8 Å². The molecule has 1 aliphatic rings. The van der Waals surface area contributed by atoms with Gasteiger partial charge in [0.25, 0.3) is 5.91 Å². The molecule has 2 amide bonds. The molecule has 3 N–H and O–H groups in total. The van der Waals surface area contributed by atoms with Gasteiger partial charge < -0.3 is 20.9 Å². The number of carbonyl (C=O) groups is 2. The van der Waals surface area contributed by atoms with Crippen molar-refractivity contribution in [3.63, 3.8) is 0 Å². The largest absolute Gasteiger partial charge is 0.364 e. The lowest BCUT2D eigenvalue weighted by atomic mass is 9.96. The second-order valence-corrected chi connectivity index (χ2v) is 7.58. The number of benzene rings is 1. The van der Waals surface area contributed by atoms with Crippen molar-refractivity contribution < 1.29 is 9.59 Å². The van der Waals surface area contributed by atoms with E-state index in [1.165, 1.54) is 6.08 Å². The predicted octanol–water partition coefficient (Wildman–Crippen LogP) is 2.63. The Hall–Kier alpha value is -3.42. The number of nitrogens with one attached hydrogen (secondary N) is 1. The molecule has 0 aliphatic carbocycles. The topological polar surface area (TPSA) is 104 Å². The molecule has 1 saturated heterocycles. The second kappa shape index (κ2) is 8.94. The Morgan fingerprint density at radius 3 is 2.83 bits per heavy atom. The third kappa shape index (κ3) is 4.42. The maximum Gasteiger partial charge on any atom is 0.271 e. The van der Waals surface area contributed by atoms with Crippen molar-refractivity contribution in [1.29, 1.82) is 0 Å². The summed E-state index contributed by atoms with van der Waals surface area (Å²) in [4.78, 5) is 36.8. The number of nitrogens with zero attached hydrogens (tertiary/aromatic N) is 4. The summed E-state index contributed by atoms with van der Waals surface area (Å²) in [5.74, 6) is 0.179. The van der Waals surface area contributed by atoms with Gasteiger partial charge in [-0.25, -0.2) is 9.97 Å². The number of piperidine rings is 1. The third-order valence-corrected chi connectivity index (χ3v) is 5.54. The van der Waals surface area contributed by atoms with Crippen LogP contribution in [0.15, 0.2) is 43.1 Å². The fraction of sp³-hybridized carbons (Fsp3) is 0.364. The van der Waals surface area contributed by atoms with Gasteiger partial charge in [-0.05, 0) is 50.5 Å². The number of carbonyl (C=O) groups excluding carboxylic acids is 2. The van der Waals surface area contributed by atoms with Gasteiger partial charge >= 0.3 is 0 Å². The molecule has 2 heterocycles. The van der Waals surface area contributed by atoms with Crippen LogP contribution >= 0.6 is 0 Å². The zero-order valence-electron chi connectivity index (χ0n) is 17.6. The van der Waals surface area contributed by atoms with E-state index >= 15 is 0 Å². The molecule has 30 heavy (non-hydrogen) atoms. The number of primary amides is 1. The molecule has 1 aliphatic heterocycles. The molecule has 2 atom stereocenters. The third-order valence-electron chi connectivity index (χ3n) is 5.54. The fourth-order valence-electron chi connectivity index (χ4n) is 3.92. The number of rotatable bonds is 6. The highest BCUT2D eigenvalue weighted by atomic mass is 16.2. The van der Waals surface area contributed by atoms with Crippen LogP contribution in [0.2, 0.25) is 0 Å². The number of likely N-dealkylation sites (N-methyl/N-ethyl adjacent to an activating group) is 1. The normalized spacial score (nSPS) is 18.6. The quantitative estimate of drug-likeness (QED) is 0.712. The number of nitrogens with two attached hydrogens (primary N) is 1. The summed E-state index contributed by atoms with van der Waals surface area (Å²) in [7, 11) is 1.92. The molecule has 1 aromatic heterocycles. The lowest BCUT2D eigenvalue weighted by Crippen LogP contribution is -2.55. The van der Waals surface area contributed by atoms with E-state index in [-0.39, 0.29) is 23.7 Å². The van der Waals surface area contributed by atoms with Gasteiger partial charge in [0.15, 0.2) is 11.5 Å². The van der Waals surface area contributed by atoms with Crippen LogP contribution in [0.25, 0.3) is 0 Å². The number of likely N-dealkylation sites (tertiary alicyclic amines) is 1. The molecule has 1 fully saturated rings. The number of hydrogen-bond donors (Lipinski definition) is 2. The van der Waals surface area contributed by atoms with Crippen LogP contribution in [0.4, 0.5) is 17.3 Å². The Balaban J connectivity index is 1.91. The molecule has 0 radical (unpaired) electrons. The van der Waals surface area contributed by atoms with Gasteiger partial charge in [0.2, 0.25) is 5.91 Å². The monoisotopic (exact) mass is 408 g/mol. The highest BCUT2D eigenvalue weighted by molar-refractivity contribution is 5.96. The van der Waals surface area contributed by atoms with Gasteiger partial charge in [0, 0.05) is 25.3 Å². The number of aryl methyl sites for hydroxylation is 1. The molecule has 1 aromatic carbocycles. The van der Waals surface area contributed by atoms with E-state index in [1.54, 1.807) is 6.20 Å². The zero-order chi connectivity index (χ0) is 21.8. The predicted molar refractivity (Wildman–Crippen MR) is 118 cm³/mol. The van der Waals surface area contributed by atoms with Crippen molar-refractivity contribution in [2.24, 2.45) is 5.73 Å². The summed E-state index contributed by atoms with van der Waals surface area (Å²) in [5, 5.41) is 3.16. The number of amides is 2. The van der Waals surface area contributed by atoms with Crippen molar-refractivity contribution in [3.8, 4) is 0 Å². The Kier molecular flexibility index (Phi) is 6.34. The molecular weight excluding hydrogens is 380 g/mol. The fourth-order valence-corrected chi connectivity index (χ4v) is 3.92. The Morgan fingerprint density at radius 2 is 2.17 bits per heavy atom. The highest BCUT2D eigenvalue weighted by Crippen LogP contribution is 2.27. The van der Waals surface area contributed by atoms with Crippen molar-refractivity contribution >= 4 is 29.1 Å². The van der Waals surface area contributed by atoms with Crippen LogP contribution in [0, 0.1) is 6.92 Å². The summed E-state index contributed by atoms with van der Waals surface area (Å²) >= 11 is 0. The smallest absolute Gasteiger partial charge is 0.271 e. The molecular formula is C22H28N6O2. The number of hydrogen-bond acceptors (Lipinski definition) is 6. The summed E-state index contributed by atoms with van der Waals surface area (Å²) in [6.07, 6.45) is 4.70. The van der Waals surface area contributed by atoms with Gasteiger partial charge in [0.05, 0.1) is 12.2 Å². The summed E-state index contributed by atoms with van der Waals surface area (Å²) in [6, 6.07) is 7.78. The SMILES string of the molecule is C=CC(=O)N1CCC[C@@H](N(C)c2cnc(C(N)=O)c(Nc3cccc(C)c3)n2)[C@H]1C. The molecule has 0 unspecified atom stereocenters. The average Bonchev–Trinajstić information content (AvgIpc) is 2.72. The molecule has 158 valence electrons. The summed E-state index contributed by atoms with van der Waals surface area (Å²) in [6.45, 7) is 8.32. The van der Waals surface area contributed by atoms with Gasteiger partial charge in [-0.1, -0.05) is 18.7 Å². The Bertz CT molecular complexity index is 960. The first-order valence-corrected chi connectivity index (χ1v) is 9.98. The minimum absolute atomic E-state index is 0.0138. The Morgan fingerprint density at radius 1 is 1.40 bits per heavy atom. The van der Waals surface area contributed by atoms with Gasteiger partial charge in [-0.3, -0.25) is 9.59 Å². The van der Waals surface area contributed by atoms with Gasteiger partial charge in [-0.2, -0.15) is 0 Å². The average molecular weight is 409 g/mol. The lowest BCUT2D eigenvalue weighted by Gasteiger charge is -2.43. The molecule has 8 heteroatoms. The van der Waals surface area contributed by atoms with Crippen LogP contribution in [-0.2, 0) is 4.79 Å². The van der Waals surface area contributed by atoms with Crippen molar-refractivity contribution in [2.45, 2.75) is 38.8 Å². The zero-order valence-corrected chi connectivity index (χ0v) is 17.6. The number of aromatic nitrogens is 2. The first-order chi connectivity index (χ1) is 14.3. The van der Waals surface area contributed by atoms with Crippen LogP contribution in [0.5, 0.6) is 0 Å². The van der Waals surface area contributed by atoms with Crippen molar-refractivity contribution in [2.75, 3.05) is 23.8 Å². The second-order valence-electron chi connectivity index (χ2n) is 7.58. The van der Waals surface area contributed by atoms with Crippen LogP contribution in [-0.4, -0.2) is 52.4 Å². The first-order valence-electron chi connectivity index (χ1n) is 9.98. The van der Waals surface area contributed by atoms with Gasteiger partial charge in [-0.15, -0.1) is 0 Å². The van der Waals surface area contributed by atoms with E-state index < -0.39 is 5.91 Å². The Labute approximate surface area is 176 Å². The first kappa shape index (κ1) is 21.3. The molecule has 0 spiro atoms. The van der Waals surface area contributed by atoms with Crippen molar-refractivity contribution in [1.82, 2.24) is 14.9 Å². The van der Waals surface area contributed by atoms with E-state index in [9.17, 15) is 9.59 Å². The molecule has 8 nitrogen and oxygen atoms in total. The maximum atomic E-state index is 12.2. The minimum Gasteiger partial charge on any atom is -0.364 e. The van der Waals surface area contributed by atoms with E-state index in [0.29, 0.717) is 18.2 Å².